The van der Waals surface area contributed by atoms with Crippen LogP contribution in [0.2, 0.25) is 19.6 Å². The zero-order valence-corrected chi connectivity index (χ0v) is 10.2. The van der Waals surface area contributed by atoms with Crippen LogP contribution in [0.1, 0.15) is 12.8 Å². The molecular weight excluding hydrogens is 178 g/mol. The molecule has 0 aromatic heterocycles. The first-order chi connectivity index (χ1) is 6.01. The number of piperidine rings is 1. The summed E-state index contributed by atoms with van der Waals surface area (Å²) in [6.07, 6.45) is 3.79. The summed E-state index contributed by atoms with van der Waals surface area (Å²) in [7, 11) is -0.943. The Labute approximate surface area is 83.0 Å². The van der Waals surface area contributed by atoms with Gasteiger partial charge in [-0.3, -0.25) is 0 Å². The molecule has 1 saturated heterocycles. The van der Waals surface area contributed by atoms with E-state index >= 15 is 0 Å². The van der Waals surface area contributed by atoms with Crippen molar-refractivity contribution in [3.05, 3.63) is 0 Å². The summed E-state index contributed by atoms with van der Waals surface area (Å²) in [5.41, 5.74) is 0. The van der Waals surface area contributed by atoms with Crippen molar-refractivity contribution in [1.29, 1.82) is 0 Å². The summed E-state index contributed by atoms with van der Waals surface area (Å²) < 4.78 is 0. The Hall–Kier alpha value is 0.137. The Bertz CT molecular complexity index is 155. The average molecular weight is 201 g/mol. The van der Waals surface area contributed by atoms with E-state index < -0.39 is 8.07 Å². The van der Waals surface area contributed by atoms with Crippen molar-refractivity contribution in [3.63, 3.8) is 0 Å². The van der Waals surface area contributed by atoms with Crippen molar-refractivity contribution in [2.24, 2.45) is 5.92 Å². The maximum Gasteiger partial charge on any atom is 0.0599 e. The van der Waals surface area contributed by atoms with E-state index in [0.717, 1.165) is 6.54 Å². The van der Waals surface area contributed by atoms with Crippen LogP contribution in [0.15, 0.2) is 0 Å². The predicted molar refractivity (Wildman–Crippen MR) is 59.6 cm³/mol. The van der Waals surface area contributed by atoms with Gasteiger partial charge >= 0.3 is 0 Å². The third-order valence-electron chi connectivity index (χ3n) is 2.56. The number of hydrogen-bond acceptors (Lipinski definition) is 2. The Morgan fingerprint density at radius 1 is 1.38 bits per heavy atom. The molecule has 0 aliphatic carbocycles. The van der Waals surface area contributed by atoms with E-state index in [1.807, 2.05) is 0 Å². The van der Waals surface area contributed by atoms with Gasteiger partial charge in [0.15, 0.2) is 0 Å². The number of hydrogen-bond donors (Lipinski definition) is 1. The first kappa shape index (κ1) is 11.2. The van der Waals surface area contributed by atoms with Crippen LogP contribution >= 0.6 is 0 Å². The second kappa shape index (κ2) is 4.58. The van der Waals surface area contributed by atoms with Crippen LogP contribution in [-0.2, 0) is 0 Å². The Morgan fingerprint density at radius 3 is 2.62 bits per heavy atom. The normalized spacial score (nSPS) is 26.3. The summed E-state index contributed by atoms with van der Waals surface area (Å²) in [5, 5.41) is 9.09. The van der Waals surface area contributed by atoms with Gasteiger partial charge in [-0.2, -0.15) is 0 Å². The summed E-state index contributed by atoms with van der Waals surface area (Å²) in [6.45, 7) is 9.99. The maximum atomic E-state index is 9.09. The van der Waals surface area contributed by atoms with Crippen molar-refractivity contribution in [3.8, 4) is 0 Å². The summed E-state index contributed by atoms with van der Waals surface area (Å²) in [6, 6.07) is 0. The molecule has 78 valence electrons. The fourth-order valence-corrected chi connectivity index (χ4v) is 3.74. The van der Waals surface area contributed by atoms with Gasteiger partial charge in [0.2, 0.25) is 0 Å². The molecule has 1 fully saturated rings. The lowest BCUT2D eigenvalue weighted by Gasteiger charge is -2.35. The molecule has 1 unspecified atom stereocenters. The molecule has 1 heterocycles. The Morgan fingerprint density at radius 2 is 2.08 bits per heavy atom. The van der Waals surface area contributed by atoms with E-state index in [2.05, 4.69) is 24.5 Å². The molecule has 0 bridgehead atoms. The van der Waals surface area contributed by atoms with Crippen LogP contribution in [0.25, 0.3) is 0 Å². The molecule has 0 aromatic rings. The van der Waals surface area contributed by atoms with Crippen LogP contribution in [0, 0.1) is 5.92 Å². The fraction of sp³-hybridized carbons (Fsp3) is 1.00. The van der Waals surface area contributed by atoms with Crippen molar-refractivity contribution >= 4 is 8.07 Å². The van der Waals surface area contributed by atoms with E-state index in [-0.39, 0.29) is 0 Å². The largest absolute Gasteiger partial charge is 0.396 e. The number of aliphatic hydroxyl groups excluding tert-OH is 1. The van der Waals surface area contributed by atoms with Crippen molar-refractivity contribution < 1.29 is 5.11 Å². The van der Waals surface area contributed by atoms with Crippen LogP contribution in [0.5, 0.6) is 0 Å². The molecule has 0 spiro atoms. The van der Waals surface area contributed by atoms with Crippen LogP contribution in [0.4, 0.5) is 0 Å². The third-order valence-corrected chi connectivity index (χ3v) is 3.96. The lowest BCUT2D eigenvalue weighted by molar-refractivity contribution is 0.132. The smallest absolute Gasteiger partial charge is 0.0599 e. The van der Waals surface area contributed by atoms with Crippen molar-refractivity contribution in [2.45, 2.75) is 32.5 Å². The highest BCUT2D eigenvalue weighted by Crippen LogP contribution is 2.17. The number of aliphatic hydroxyl groups is 1. The molecule has 1 N–H and O–H groups in total. The number of rotatable bonds is 3. The molecule has 1 atom stereocenters. The van der Waals surface area contributed by atoms with Gasteiger partial charge < -0.3 is 10.0 Å². The van der Waals surface area contributed by atoms with E-state index in [1.54, 1.807) is 0 Å². The van der Waals surface area contributed by atoms with Crippen LogP contribution in [-0.4, -0.2) is 43.9 Å². The molecule has 0 saturated carbocycles. The van der Waals surface area contributed by atoms with Gasteiger partial charge in [0.1, 0.15) is 0 Å². The molecule has 0 radical (unpaired) electrons. The molecule has 1 aliphatic rings. The topological polar surface area (TPSA) is 23.5 Å². The number of nitrogens with zero attached hydrogens (tertiary/aromatic N) is 1. The highest BCUT2D eigenvalue weighted by Gasteiger charge is 2.23. The van der Waals surface area contributed by atoms with Gasteiger partial charge in [-0.05, 0) is 31.5 Å². The number of likely N-dealkylation sites (tertiary alicyclic amines) is 1. The molecule has 0 aromatic carbocycles. The molecule has 0 amide bonds. The minimum absolute atomic E-state index is 0.377. The highest BCUT2D eigenvalue weighted by molar-refractivity contribution is 6.76. The monoisotopic (exact) mass is 201 g/mol. The standard InChI is InChI=1S/C10H23NOSi/c1-13(2,3)9-11-6-4-5-10(7-11)8-12/h10,12H,4-9H2,1-3H3. The van der Waals surface area contributed by atoms with Crippen LogP contribution < -0.4 is 0 Å². The van der Waals surface area contributed by atoms with Gasteiger partial charge in [0.05, 0.1) is 8.07 Å². The van der Waals surface area contributed by atoms with Crippen LogP contribution in [0.3, 0.4) is 0 Å². The van der Waals surface area contributed by atoms with E-state index in [9.17, 15) is 0 Å². The summed E-state index contributed by atoms with van der Waals surface area (Å²) in [4.78, 5) is 2.55. The summed E-state index contributed by atoms with van der Waals surface area (Å²) in [5.74, 6) is 0.546. The highest BCUT2D eigenvalue weighted by atomic mass is 28.3. The van der Waals surface area contributed by atoms with Gasteiger partial charge in [-0.1, -0.05) is 19.6 Å². The van der Waals surface area contributed by atoms with Crippen molar-refractivity contribution in [2.75, 3.05) is 25.9 Å². The lowest BCUT2D eigenvalue weighted by Crippen LogP contribution is -2.45. The fourth-order valence-electron chi connectivity index (χ4n) is 2.11. The molecule has 3 heteroatoms. The first-order valence-corrected chi connectivity index (χ1v) is 9.05. The van der Waals surface area contributed by atoms with Gasteiger partial charge in [-0.15, -0.1) is 0 Å². The minimum atomic E-state index is -0.943. The quantitative estimate of drug-likeness (QED) is 0.701. The third kappa shape index (κ3) is 4.25. The van der Waals surface area contributed by atoms with E-state index in [4.69, 9.17) is 5.11 Å². The average Bonchev–Trinajstić information content (AvgIpc) is 2.01. The Balaban J connectivity index is 2.34. The van der Waals surface area contributed by atoms with E-state index in [0.29, 0.717) is 12.5 Å². The van der Waals surface area contributed by atoms with Crippen molar-refractivity contribution in [1.82, 2.24) is 4.90 Å². The second-order valence-corrected chi connectivity index (χ2v) is 10.9. The maximum absolute atomic E-state index is 9.09. The zero-order chi connectivity index (χ0) is 9.90. The molecule has 1 rings (SSSR count). The Kier molecular flexibility index (Phi) is 3.95. The molecule has 2 nitrogen and oxygen atoms in total. The molecule has 1 aliphatic heterocycles. The lowest BCUT2D eigenvalue weighted by atomic mass is 10.00. The summed E-state index contributed by atoms with van der Waals surface area (Å²) >= 11 is 0. The van der Waals surface area contributed by atoms with E-state index in [1.165, 1.54) is 25.6 Å². The molecule has 13 heavy (non-hydrogen) atoms. The first-order valence-electron chi connectivity index (χ1n) is 5.34. The molecular formula is C10H23NOSi. The second-order valence-electron chi connectivity index (χ2n) is 5.49. The SMILES string of the molecule is C[Si](C)(C)CN1CCCC(CO)C1. The predicted octanol–water partition coefficient (Wildman–Crippen LogP) is 1.57. The van der Waals surface area contributed by atoms with Gasteiger partial charge in [-0.25, -0.2) is 0 Å². The zero-order valence-electron chi connectivity index (χ0n) is 9.21. The van der Waals surface area contributed by atoms with Gasteiger partial charge in [0, 0.05) is 13.2 Å². The minimum Gasteiger partial charge on any atom is -0.396 e. The van der Waals surface area contributed by atoms with Gasteiger partial charge in [0.25, 0.3) is 0 Å².